The molecule has 0 bridgehead atoms. The van der Waals surface area contributed by atoms with Gasteiger partial charge in [-0.1, -0.05) is 36.8 Å². The van der Waals surface area contributed by atoms with Crippen LogP contribution < -0.4 is 16.1 Å². The first-order chi connectivity index (χ1) is 13.4. The Labute approximate surface area is 163 Å². The molecule has 1 fully saturated rings. The number of benzene rings is 1. The minimum absolute atomic E-state index is 0.297. The standard InChI is InChI=1S/C21H27N5O2/c1-14-7-5-9-16(11-14)13-26-17-18(23(3)21(28)24(4)19(17)27)22-20(26)25-10-6-8-15(2)12-25/h5,7,9,11,15H,6,8,10,12-13H2,1-4H3. The molecule has 28 heavy (non-hydrogen) atoms. The number of imidazole rings is 1. The third-order valence-corrected chi connectivity index (χ3v) is 5.69. The molecule has 1 aliphatic heterocycles. The average molecular weight is 381 g/mol. The second-order valence-corrected chi connectivity index (χ2v) is 8.06. The van der Waals surface area contributed by atoms with Crippen LogP contribution in [0.3, 0.4) is 0 Å². The van der Waals surface area contributed by atoms with Gasteiger partial charge in [-0.2, -0.15) is 4.98 Å². The molecule has 0 spiro atoms. The van der Waals surface area contributed by atoms with Crippen LogP contribution in [-0.4, -0.2) is 31.8 Å². The van der Waals surface area contributed by atoms with Gasteiger partial charge >= 0.3 is 5.69 Å². The zero-order chi connectivity index (χ0) is 20.0. The third-order valence-electron chi connectivity index (χ3n) is 5.69. The van der Waals surface area contributed by atoms with Crippen LogP contribution >= 0.6 is 0 Å². The lowest BCUT2D eigenvalue weighted by Gasteiger charge is -2.32. The fourth-order valence-corrected chi connectivity index (χ4v) is 4.19. The molecular formula is C21H27N5O2. The Bertz CT molecular complexity index is 1150. The van der Waals surface area contributed by atoms with Crippen LogP contribution in [-0.2, 0) is 20.6 Å². The van der Waals surface area contributed by atoms with Crippen molar-refractivity contribution in [2.24, 2.45) is 20.0 Å². The van der Waals surface area contributed by atoms with Gasteiger partial charge in [-0.25, -0.2) is 4.79 Å². The van der Waals surface area contributed by atoms with E-state index >= 15 is 0 Å². The summed E-state index contributed by atoms with van der Waals surface area (Å²) in [5, 5.41) is 0. The Hall–Kier alpha value is -2.83. The summed E-state index contributed by atoms with van der Waals surface area (Å²) in [6.45, 7) is 6.67. The zero-order valence-corrected chi connectivity index (χ0v) is 17.0. The molecule has 0 saturated carbocycles. The molecule has 3 heterocycles. The summed E-state index contributed by atoms with van der Waals surface area (Å²) in [7, 11) is 3.20. The molecule has 2 aromatic heterocycles. The summed E-state index contributed by atoms with van der Waals surface area (Å²) in [4.78, 5) is 32.5. The van der Waals surface area contributed by atoms with Gasteiger partial charge in [0.15, 0.2) is 11.2 Å². The van der Waals surface area contributed by atoms with E-state index in [1.165, 1.54) is 28.2 Å². The largest absolute Gasteiger partial charge is 0.342 e. The molecule has 7 heteroatoms. The van der Waals surface area contributed by atoms with Crippen LogP contribution in [0.2, 0.25) is 0 Å². The van der Waals surface area contributed by atoms with Crippen molar-refractivity contribution >= 4 is 17.1 Å². The molecule has 4 rings (SSSR count). The fourth-order valence-electron chi connectivity index (χ4n) is 4.19. The molecule has 0 amide bonds. The molecule has 0 aliphatic carbocycles. The average Bonchev–Trinajstić information content (AvgIpc) is 3.04. The molecular weight excluding hydrogens is 354 g/mol. The van der Waals surface area contributed by atoms with Gasteiger partial charge in [0, 0.05) is 27.2 Å². The van der Waals surface area contributed by atoms with Crippen molar-refractivity contribution in [3.8, 4) is 0 Å². The summed E-state index contributed by atoms with van der Waals surface area (Å²) in [6.07, 6.45) is 2.31. The van der Waals surface area contributed by atoms with Crippen LogP contribution in [0, 0.1) is 12.8 Å². The van der Waals surface area contributed by atoms with Gasteiger partial charge in [0.2, 0.25) is 5.95 Å². The summed E-state index contributed by atoms with van der Waals surface area (Å²) >= 11 is 0. The molecule has 3 aromatic rings. The van der Waals surface area contributed by atoms with E-state index in [0.717, 1.165) is 31.0 Å². The highest BCUT2D eigenvalue weighted by atomic mass is 16.2. The second-order valence-electron chi connectivity index (χ2n) is 8.06. The van der Waals surface area contributed by atoms with E-state index in [9.17, 15) is 9.59 Å². The number of hydrogen-bond donors (Lipinski definition) is 0. The van der Waals surface area contributed by atoms with Gasteiger partial charge in [-0.3, -0.25) is 18.5 Å². The number of fused-ring (bicyclic) bond motifs is 1. The number of rotatable bonds is 3. The van der Waals surface area contributed by atoms with Crippen molar-refractivity contribution in [1.82, 2.24) is 18.7 Å². The molecule has 7 nitrogen and oxygen atoms in total. The minimum Gasteiger partial charge on any atom is -0.342 e. The van der Waals surface area contributed by atoms with E-state index < -0.39 is 0 Å². The van der Waals surface area contributed by atoms with Gasteiger partial charge in [0.25, 0.3) is 5.56 Å². The summed E-state index contributed by atoms with van der Waals surface area (Å²) in [5.74, 6) is 1.36. The predicted molar refractivity (Wildman–Crippen MR) is 111 cm³/mol. The summed E-state index contributed by atoms with van der Waals surface area (Å²) < 4.78 is 4.63. The number of hydrogen-bond acceptors (Lipinski definition) is 4. The first-order valence-electron chi connectivity index (χ1n) is 9.83. The third kappa shape index (κ3) is 3.04. The molecule has 0 N–H and O–H groups in total. The number of nitrogens with zero attached hydrogens (tertiary/aromatic N) is 5. The van der Waals surface area contributed by atoms with Crippen LogP contribution in [0.4, 0.5) is 5.95 Å². The summed E-state index contributed by atoms with van der Waals surface area (Å²) in [6, 6.07) is 8.28. The maximum Gasteiger partial charge on any atom is 0.332 e. The first kappa shape index (κ1) is 18.5. The van der Waals surface area contributed by atoms with E-state index in [2.05, 4.69) is 36.9 Å². The Morgan fingerprint density at radius 1 is 1.18 bits per heavy atom. The van der Waals surface area contributed by atoms with Gasteiger partial charge in [0.1, 0.15) is 0 Å². The highest BCUT2D eigenvalue weighted by Gasteiger charge is 2.25. The van der Waals surface area contributed by atoms with Crippen molar-refractivity contribution in [3.05, 3.63) is 56.2 Å². The van der Waals surface area contributed by atoms with Crippen LogP contribution in [0.5, 0.6) is 0 Å². The van der Waals surface area contributed by atoms with Crippen molar-refractivity contribution in [3.63, 3.8) is 0 Å². The van der Waals surface area contributed by atoms with E-state index in [-0.39, 0.29) is 11.2 Å². The number of anilines is 1. The predicted octanol–water partition coefficient (Wildman–Crippen LogP) is 2.03. The minimum atomic E-state index is -0.351. The molecule has 0 radical (unpaired) electrons. The van der Waals surface area contributed by atoms with Crippen LogP contribution in [0.1, 0.15) is 30.9 Å². The van der Waals surface area contributed by atoms with Crippen molar-refractivity contribution in [2.45, 2.75) is 33.2 Å². The van der Waals surface area contributed by atoms with Crippen LogP contribution in [0.25, 0.3) is 11.2 Å². The number of piperidine rings is 1. The lowest BCUT2D eigenvalue weighted by atomic mass is 10.0. The van der Waals surface area contributed by atoms with Gasteiger partial charge < -0.3 is 4.90 Å². The first-order valence-corrected chi connectivity index (χ1v) is 9.83. The van der Waals surface area contributed by atoms with Crippen LogP contribution in [0.15, 0.2) is 33.9 Å². The highest BCUT2D eigenvalue weighted by molar-refractivity contribution is 5.74. The van der Waals surface area contributed by atoms with Crippen molar-refractivity contribution in [1.29, 1.82) is 0 Å². The van der Waals surface area contributed by atoms with E-state index in [4.69, 9.17) is 4.98 Å². The molecule has 148 valence electrons. The Kier molecular flexibility index (Phi) is 4.61. The SMILES string of the molecule is Cc1cccc(Cn2c(N3CCCC(C)C3)nc3c2c(=O)n(C)c(=O)n3C)c1. The lowest BCUT2D eigenvalue weighted by Crippen LogP contribution is -2.38. The Balaban J connectivity index is 1.96. The zero-order valence-electron chi connectivity index (χ0n) is 17.0. The van der Waals surface area contributed by atoms with E-state index in [0.29, 0.717) is 23.6 Å². The Morgan fingerprint density at radius 3 is 2.68 bits per heavy atom. The van der Waals surface area contributed by atoms with Crippen molar-refractivity contribution < 1.29 is 0 Å². The van der Waals surface area contributed by atoms with E-state index in [1.807, 2.05) is 10.6 Å². The highest BCUT2D eigenvalue weighted by Crippen LogP contribution is 2.26. The lowest BCUT2D eigenvalue weighted by molar-refractivity contribution is 0.439. The van der Waals surface area contributed by atoms with Gasteiger partial charge in [-0.05, 0) is 31.2 Å². The monoisotopic (exact) mass is 381 g/mol. The molecule has 1 aromatic carbocycles. The van der Waals surface area contributed by atoms with Gasteiger partial charge in [0.05, 0.1) is 6.54 Å². The Morgan fingerprint density at radius 2 is 1.96 bits per heavy atom. The smallest absolute Gasteiger partial charge is 0.332 e. The van der Waals surface area contributed by atoms with E-state index in [1.54, 1.807) is 7.05 Å². The quantitative estimate of drug-likeness (QED) is 0.696. The molecule has 1 unspecified atom stereocenters. The van der Waals surface area contributed by atoms with Crippen molar-refractivity contribution in [2.75, 3.05) is 18.0 Å². The number of aryl methyl sites for hydroxylation is 2. The fraction of sp³-hybridized carbons (Fsp3) is 0.476. The molecule has 1 atom stereocenters. The maximum absolute atomic E-state index is 13.0. The topological polar surface area (TPSA) is 65.1 Å². The maximum atomic E-state index is 13.0. The second kappa shape index (κ2) is 6.96. The molecule has 1 saturated heterocycles. The van der Waals surface area contributed by atoms with Gasteiger partial charge in [-0.15, -0.1) is 0 Å². The molecule has 1 aliphatic rings. The number of aromatic nitrogens is 4. The summed E-state index contributed by atoms with van der Waals surface area (Å²) in [5.41, 5.74) is 2.58. The normalized spacial score (nSPS) is 17.4.